The number of aliphatic carboxylic acids is 1. The van der Waals surface area contributed by atoms with Crippen LogP contribution in [0.3, 0.4) is 0 Å². The maximum Gasteiger partial charge on any atom is 0.334 e. The van der Waals surface area contributed by atoms with E-state index in [9.17, 15) is 9.59 Å². The Morgan fingerprint density at radius 3 is 2.41 bits per heavy atom. The highest BCUT2D eigenvalue weighted by atomic mass is 16.5. The number of benzene rings is 1. The van der Waals surface area contributed by atoms with Gasteiger partial charge in [-0.05, 0) is 19.1 Å². The third kappa shape index (κ3) is 3.88. The highest BCUT2D eigenvalue weighted by Crippen LogP contribution is 2.02. The molecular formula is C12H15NO4. The minimum atomic E-state index is -1.10. The Hall–Kier alpha value is -1.88. The number of carboxylic acid groups (broad SMARTS) is 1. The number of ether oxygens (including phenoxy) is 1. The Bertz CT molecular complexity index is 399. The third-order valence-corrected chi connectivity index (χ3v) is 2.32. The van der Waals surface area contributed by atoms with Crippen LogP contribution in [0.5, 0.6) is 0 Å². The van der Waals surface area contributed by atoms with Gasteiger partial charge in [-0.3, -0.25) is 4.79 Å². The summed E-state index contributed by atoms with van der Waals surface area (Å²) in [6.07, 6.45) is -1.02. The van der Waals surface area contributed by atoms with E-state index in [1.54, 1.807) is 12.1 Å². The summed E-state index contributed by atoms with van der Waals surface area (Å²) in [5, 5.41) is 11.2. The SMILES string of the molecule is COC(CNC(=O)c1ccc(C)cc1)C(=O)O. The van der Waals surface area contributed by atoms with Crippen molar-refractivity contribution in [3.8, 4) is 0 Å². The van der Waals surface area contributed by atoms with E-state index < -0.39 is 12.1 Å². The molecule has 0 aliphatic rings. The van der Waals surface area contributed by atoms with E-state index in [4.69, 9.17) is 9.84 Å². The standard InChI is InChI=1S/C12H15NO4/c1-8-3-5-9(6-4-8)11(14)13-7-10(17-2)12(15)16/h3-6,10H,7H2,1-2H3,(H,13,14)(H,15,16). The average molecular weight is 237 g/mol. The molecule has 0 bridgehead atoms. The largest absolute Gasteiger partial charge is 0.479 e. The minimum Gasteiger partial charge on any atom is -0.479 e. The van der Waals surface area contributed by atoms with E-state index in [1.165, 1.54) is 7.11 Å². The van der Waals surface area contributed by atoms with Gasteiger partial charge >= 0.3 is 5.97 Å². The van der Waals surface area contributed by atoms with Gasteiger partial charge in [0.1, 0.15) is 0 Å². The fourth-order valence-electron chi connectivity index (χ4n) is 1.26. The highest BCUT2D eigenvalue weighted by molar-refractivity contribution is 5.94. The maximum absolute atomic E-state index is 11.6. The second kappa shape index (κ2) is 6.00. The maximum atomic E-state index is 11.6. The number of carbonyl (C=O) groups excluding carboxylic acids is 1. The first-order valence-electron chi connectivity index (χ1n) is 5.15. The molecular weight excluding hydrogens is 222 g/mol. The lowest BCUT2D eigenvalue weighted by Gasteiger charge is -2.11. The summed E-state index contributed by atoms with van der Waals surface area (Å²) in [4.78, 5) is 22.3. The number of nitrogens with one attached hydrogen (secondary N) is 1. The third-order valence-electron chi connectivity index (χ3n) is 2.32. The fraction of sp³-hybridized carbons (Fsp3) is 0.333. The van der Waals surface area contributed by atoms with Gasteiger partial charge in [-0.15, -0.1) is 0 Å². The highest BCUT2D eigenvalue weighted by Gasteiger charge is 2.17. The quantitative estimate of drug-likeness (QED) is 0.795. The Labute approximate surface area is 99.4 Å². The first kappa shape index (κ1) is 13.2. The molecule has 0 saturated carbocycles. The summed E-state index contributed by atoms with van der Waals surface area (Å²) in [7, 11) is 1.29. The number of amides is 1. The Kier molecular flexibility index (Phi) is 4.66. The number of methoxy groups -OCH3 is 1. The van der Waals surface area contributed by atoms with Crippen LogP contribution in [0.4, 0.5) is 0 Å². The monoisotopic (exact) mass is 237 g/mol. The molecule has 0 aliphatic heterocycles. The van der Waals surface area contributed by atoms with Crippen LogP contribution in [-0.4, -0.2) is 36.7 Å². The Balaban J connectivity index is 2.55. The Morgan fingerprint density at radius 2 is 1.94 bits per heavy atom. The van der Waals surface area contributed by atoms with Crippen LogP contribution in [0.15, 0.2) is 24.3 Å². The van der Waals surface area contributed by atoms with Gasteiger partial charge in [0, 0.05) is 12.7 Å². The number of hydrogen-bond acceptors (Lipinski definition) is 3. The van der Waals surface area contributed by atoms with E-state index in [-0.39, 0.29) is 12.5 Å². The number of rotatable bonds is 5. The summed E-state index contributed by atoms with van der Waals surface area (Å²) in [5.41, 5.74) is 1.55. The first-order valence-corrected chi connectivity index (χ1v) is 5.15. The van der Waals surface area contributed by atoms with Crippen LogP contribution in [0, 0.1) is 6.92 Å². The summed E-state index contributed by atoms with van der Waals surface area (Å²) in [6, 6.07) is 7.01. The van der Waals surface area contributed by atoms with Crippen LogP contribution >= 0.6 is 0 Å². The van der Waals surface area contributed by atoms with Crippen LogP contribution < -0.4 is 5.32 Å². The van der Waals surface area contributed by atoms with Crippen molar-refractivity contribution in [3.63, 3.8) is 0 Å². The minimum absolute atomic E-state index is 0.0570. The number of carbonyl (C=O) groups is 2. The number of carboxylic acids is 1. The zero-order chi connectivity index (χ0) is 12.8. The van der Waals surface area contributed by atoms with Crippen molar-refractivity contribution in [3.05, 3.63) is 35.4 Å². The van der Waals surface area contributed by atoms with Crippen LogP contribution in [-0.2, 0) is 9.53 Å². The molecule has 1 aromatic rings. The lowest BCUT2D eigenvalue weighted by Crippen LogP contribution is -2.37. The predicted molar refractivity (Wildman–Crippen MR) is 61.9 cm³/mol. The fourth-order valence-corrected chi connectivity index (χ4v) is 1.26. The topological polar surface area (TPSA) is 75.6 Å². The van der Waals surface area contributed by atoms with Crippen molar-refractivity contribution in [2.45, 2.75) is 13.0 Å². The van der Waals surface area contributed by atoms with Crippen molar-refractivity contribution < 1.29 is 19.4 Å². The molecule has 0 heterocycles. The van der Waals surface area contributed by atoms with Crippen molar-refractivity contribution in [1.29, 1.82) is 0 Å². The van der Waals surface area contributed by atoms with Gasteiger partial charge in [0.2, 0.25) is 0 Å². The summed E-state index contributed by atoms with van der Waals surface area (Å²) < 4.78 is 4.70. The Morgan fingerprint density at radius 1 is 1.35 bits per heavy atom. The van der Waals surface area contributed by atoms with Crippen molar-refractivity contribution in [1.82, 2.24) is 5.32 Å². The van der Waals surface area contributed by atoms with Gasteiger partial charge in [0.15, 0.2) is 6.10 Å². The van der Waals surface area contributed by atoms with E-state index in [0.717, 1.165) is 5.56 Å². The second-order valence-electron chi connectivity index (χ2n) is 3.64. The van der Waals surface area contributed by atoms with Gasteiger partial charge in [-0.2, -0.15) is 0 Å². The normalized spacial score (nSPS) is 11.9. The summed E-state index contributed by atoms with van der Waals surface area (Å²) in [6.45, 7) is 1.87. The van der Waals surface area contributed by atoms with Gasteiger partial charge in [0.25, 0.3) is 5.91 Å². The van der Waals surface area contributed by atoms with E-state index in [2.05, 4.69) is 5.32 Å². The first-order chi connectivity index (χ1) is 8.04. The van der Waals surface area contributed by atoms with Crippen molar-refractivity contribution in [2.75, 3.05) is 13.7 Å². The van der Waals surface area contributed by atoms with Crippen LogP contribution in [0.25, 0.3) is 0 Å². The number of aryl methyl sites for hydroxylation is 1. The van der Waals surface area contributed by atoms with Gasteiger partial charge < -0.3 is 15.2 Å². The molecule has 1 rings (SSSR count). The lowest BCUT2D eigenvalue weighted by molar-refractivity contribution is -0.148. The second-order valence-corrected chi connectivity index (χ2v) is 3.64. The average Bonchev–Trinajstić information content (AvgIpc) is 2.30. The van der Waals surface area contributed by atoms with E-state index in [1.807, 2.05) is 19.1 Å². The van der Waals surface area contributed by atoms with E-state index >= 15 is 0 Å². The molecule has 5 nitrogen and oxygen atoms in total. The molecule has 92 valence electrons. The smallest absolute Gasteiger partial charge is 0.334 e. The summed E-state index contributed by atoms with van der Waals surface area (Å²) >= 11 is 0. The molecule has 0 fully saturated rings. The van der Waals surface area contributed by atoms with E-state index in [0.29, 0.717) is 5.56 Å². The molecule has 5 heteroatoms. The van der Waals surface area contributed by atoms with Crippen molar-refractivity contribution >= 4 is 11.9 Å². The zero-order valence-corrected chi connectivity index (χ0v) is 9.77. The molecule has 0 aliphatic carbocycles. The molecule has 0 aromatic heterocycles. The number of hydrogen-bond donors (Lipinski definition) is 2. The molecule has 2 N–H and O–H groups in total. The molecule has 1 aromatic carbocycles. The van der Waals surface area contributed by atoms with Gasteiger partial charge in [0.05, 0.1) is 6.54 Å². The van der Waals surface area contributed by atoms with Gasteiger partial charge in [-0.1, -0.05) is 17.7 Å². The molecule has 1 atom stereocenters. The van der Waals surface area contributed by atoms with Crippen molar-refractivity contribution in [2.24, 2.45) is 0 Å². The molecule has 17 heavy (non-hydrogen) atoms. The molecule has 0 radical (unpaired) electrons. The predicted octanol–water partition coefficient (Wildman–Crippen LogP) is 0.824. The molecule has 0 spiro atoms. The van der Waals surface area contributed by atoms with Crippen LogP contribution in [0.1, 0.15) is 15.9 Å². The van der Waals surface area contributed by atoms with Crippen LogP contribution in [0.2, 0.25) is 0 Å². The lowest BCUT2D eigenvalue weighted by atomic mass is 10.1. The molecule has 1 unspecified atom stereocenters. The molecule has 0 saturated heterocycles. The molecule has 1 amide bonds. The van der Waals surface area contributed by atoms with Gasteiger partial charge in [-0.25, -0.2) is 4.79 Å². The summed E-state index contributed by atoms with van der Waals surface area (Å²) in [5.74, 6) is -1.41. The zero-order valence-electron chi connectivity index (χ0n) is 9.77.